The van der Waals surface area contributed by atoms with Crippen LogP contribution in [0.5, 0.6) is 10.8 Å². The van der Waals surface area contributed by atoms with Gasteiger partial charge in [-0.15, -0.1) is 11.3 Å². The molecule has 6 heteroatoms. The molecule has 0 aliphatic heterocycles. The Bertz CT molecular complexity index is 935. The first-order valence-electron chi connectivity index (χ1n) is 8.41. The van der Waals surface area contributed by atoms with Crippen LogP contribution in [0.3, 0.4) is 0 Å². The second kappa shape index (κ2) is 8.68. The molecule has 0 fully saturated rings. The predicted octanol–water partition coefficient (Wildman–Crippen LogP) is 5.16. The Morgan fingerprint density at radius 3 is 2.78 bits per heavy atom. The number of rotatable bonds is 8. The Hall–Kier alpha value is -2.86. The first-order chi connectivity index (χ1) is 13.0. The van der Waals surface area contributed by atoms with Crippen molar-refractivity contribution in [3.8, 4) is 21.9 Å². The molecule has 0 spiro atoms. The van der Waals surface area contributed by atoms with E-state index >= 15 is 0 Å². The van der Waals surface area contributed by atoms with E-state index in [1.165, 1.54) is 17.4 Å². The van der Waals surface area contributed by atoms with Crippen LogP contribution in [-0.4, -0.2) is 18.2 Å². The Morgan fingerprint density at radius 2 is 2.00 bits per heavy atom. The summed E-state index contributed by atoms with van der Waals surface area (Å²) in [5.74, 6) is -0.525. The van der Waals surface area contributed by atoms with E-state index in [1.807, 2.05) is 36.4 Å². The van der Waals surface area contributed by atoms with E-state index in [0.29, 0.717) is 24.3 Å². The minimum Gasteiger partial charge on any atom is -0.497 e. The van der Waals surface area contributed by atoms with Crippen LogP contribution in [0, 0.1) is 5.82 Å². The fourth-order valence-corrected chi connectivity index (χ4v) is 3.49. The molecule has 0 saturated carbocycles. The number of halogens is 1. The molecule has 0 atom stereocenters. The lowest BCUT2D eigenvalue weighted by Crippen LogP contribution is -1.96. The van der Waals surface area contributed by atoms with Gasteiger partial charge in [0.05, 0.1) is 13.5 Å². The molecule has 4 nitrogen and oxygen atoms in total. The fourth-order valence-electron chi connectivity index (χ4n) is 2.64. The number of methoxy groups -OCH3 is 1. The Morgan fingerprint density at radius 1 is 1.15 bits per heavy atom. The monoisotopic (exact) mass is 386 g/mol. The van der Waals surface area contributed by atoms with Crippen molar-refractivity contribution in [2.24, 2.45) is 0 Å². The molecular weight excluding hydrogens is 367 g/mol. The lowest BCUT2D eigenvalue weighted by Gasteiger charge is -2.09. The number of carboxylic acid groups (broad SMARTS) is 1. The number of aliphatic carboxylic acids is 1. The van der Waals surface area contributed by atoms with E-state index in [-0.39, 0.29) is 12.2 Å². The lowest BCUT2D eigenvalue weighted by molar-refractivity contribution is -0.136. The number of aryl methyl sites for hydroxylation is 1. The van der Waals surface area contributed by atoms with Crippen molar-refractivity contribution in [3.05, 3.63) is 70.9 Å². The first kappa shape index (κ1) is 18.9. The summed E-state index contributed by atoms with van der Waals surface area (Å²) in [6.07, 6.45) is 0.599. The normalized spacial score (nSPS) is 10.6. The maximum Gasteiger partial charge on any atom is 0.303 e. The smallest absolute Gasteiger partial charge is 0.303 e. The SMILES string of the molecule is COc1ccc(F)c(-c2cccc(COc3ccc(CCC(=O)O)s3)c2)c1. The molecule has 27 heavy (non-hydrogen) atoms. The summed E-state index contributed by atoms with van der Waals surface area (Å²) in [4.78, 5) is 11.6. The van der Waals surface area contributed by atoms with E-state index in [4.69, 9.17) is 14.6 Å². The number of benzene rings is 2. The average molecular weight is 386 g/mol. The average Bonchev–Trinajstić information content (AvgIpc) is 3.13. The van der Waals surface area contributed by atoms with Gasteiger partial charge in [0.2, 0.25) is 0 Å². The van der Waals surface area contributed by atoms with Crippen molar-refractivity contribution < 1.29 is 23.8 Å². The van der Waals surface area contributed by atoms with Gasteiger partial charge in [0, 0.05) is 10.4 Å². The van der Waals surface area contributed by atoms with Crippen LogP contribution < -0.4 is 9.47 Å². The molecule has 1 aromatic heterocycles. The molecule has 0 unspecified atom stereocenters. The number of thiophene rings is 1. The zero-order valence-electron chi connectivity index (χ0n) is 14.8. The van der Waals surface area contributed by atoms with E-state index in [2.05, 4.69) is 0 Å². The van der Waals surface area contributed by atoms with Crippen LogP contribution in [0.15, 0.2) is 54.6 Å². The molecule has 0 aliphatic rings. The summed E-state index contributed by atoms with van der Waals surface area (Å²) in [6.45, 7) is 0.346. The molecule has 0 radical (unpaired) electrons. The van der Waals surface area contributed by atoms with Crippen LogP contribution in [0.4, 0.5) is 4.39 Å². The van der Waals surface area contributed by atoms with Crippen LogP contribution >= 0.6 is 11.3 Å². The Kier molecular flexibility index (Phi) is 6.08. The zero-order chi connectivity index (χ0) is 19.2. The van der Waals surface area contributed by atoms with Crippen molar-refractivity contribution in [1.82, 2.24) is 0 Å². The molecular formula is C21H19FO4S. The van der Waals surface area contributed by atoms with Crippen molar-refractivity contribution >= 4 is 17.3 Å². The highest BCUT2D eigenvalue weighted by molar-refractivity contribution is 7.13. The summed E-state index contributed by atoms with van der Waals surface area (Å²) in [6, 6.07) is 15.9. The second-order valence-corrected chi connectivity index (χ2v) is 7.08. The predicted molar refractivity (Wildman–Crippen MR) is 103 cm³/mol. The van der Waals surface area contributed by atoms with Gasteiger partial charge in [-0.05, 0) is 53.9 Å². The summed E-state index contributed by atoms with van der Waals surface area (Å²) in [5, 5.41) is 9.47. The molecule has 0 amide bonds. The Labute approximate surface area is 160 Å². The van der Waals surface area contributed by atoms with Gasteiger partial charge in [-0.25, -0.2) is 4.39 Å². The van der Waals surface area contributed by atoms with Gasteiger partial charge in [-0.3, -0.25) is 4.79 Å². The summed E-state index contributed by atoms with van der Waals surface area (Å²) in [5.41, 5.74) is 2.14. The molecule has 140 valence electrons. The third-order valence-corrected chi connectivity index (χ3v) is 5.07. The van der Waals surface area contributed by atoms with Crippen molar-refractivity contribution in [1.29, 1.82) is 0 Å². The first-order valence-corrected chi connectivity index (χ1v) is 9.23. The fraction of sp³-hybridized carbons (Fsp3) is 0.190. The number of ether oxygens (including phenoxy) is 2. The quantitative estimate of drug-likeness (QED) is 0.581. The summed E-state index contributed by atoms with van der Waals surface area (Å²) in [7, 11) is 1.55. The van der Waals surface area contributed by atoms with E-state index in [0.717, 1.165) is 21.1 Å². The van der Waals surface area contributed by atoms with Gasteiger partial charge in [0.1, 0.15) is 18.2 Å². The maximum atomic E-state index is 14.2. The molecule has 1 N–H and O–H groups in total. The molecule has 0 saturated heterocycles. The van der Waals surface area contributed by atoms with Crippen molar-refractivity contribution in [2.45, 2.75) is 19.4 Å². The highest BCUT2D eigenvalue weighted by atomic mass is 32.1. The molecule has 2 aromatic carbocycles. The van der Waals surface area contributed by atoms with Crippen LogP contribution in [0.25, 0.3) is 11.1 Å². The van der Waals surface area contributed by atoms with Gasteiger partial charge >= 0.3 is 5.97 Å². The minimum absolute atomic E-state index is 0.105. The van der Waals surface area contributed by atoms with Gasteiger partial charge in [-0.2, -0.15) is 0 Å². The molecule has 0 aliphatic carbocycles. The van der Waals surface area contributed by atoms with Gasteiger partial charge in [0.15, 0.2) is 5.06 Å². The van der Waals surface area contributed by atoms with E-state index in [1.54, 1.807) is 19.2 Å². The summed E-state index contributed by atoms with van der Waals surface area (Å²) >= 11 is 1.44. The van der Waals surface area contributed by atoms with Gasteiger partial charge in [0.25, 0.3) is 0 Å². The third-order valence-electron chi connectivity index (χ3n) is 4.01. The highest BCUT2D eigenvalue weighted by Gasteiger charge is 2.09. The molecule has 0 bridgehead atoms. The van der Waals surface area contributed by atoms with Gasteiger partial charge < -0.3 is 14.6 Å². The van der Waals surface area contributed by atoms with Crippen LogP contribution in [-0.2, 0) is 17.8 Å². The standard InChI is InChI=1S/C21H19FO4S/c1-25-16-5-8-19(22)18(12-16)15-4-2-3-14(11-15)13-26-21-10-7-17(27-21)6-9-20(23)24/h2-5,7-8,10-12H,6,9,13H2,1H3,(H,23,24). The van der Waals surface area contributed by atoms with Crippen LogP contribution in [0.1, 0.15) is 16.9 Å². The van der Waals surface area contributed by atoms with Gasteiger partial charge in [-0.1, -0.05) is 18.2 Å². The summed E-state index contributed by atoms with van der Waals surface area (Å²) < 4.78 is 25.2. The molecule has 3 aromatic rings. The van der Waals surface area contributed by atoms with E-state index < -0.39 is 5.97 Å². The molecule has 1 heterocycles. The van der Waals surface area contributed by atoms with Crippen LogP contribution in [0.2, 0.25) is 0 Å². The topological polar surface area (TPSA) is 55.8 Å². The lowest BCUT2D eigenvalue weighted by atomic mass is 10.0. The molecule has 3 rings (SSSR count). The Balaban J connectivity index is 1.69. The third kappa shape index (κ3) is 5.08. The zero-order valence-corrected chi connectivity index (χ0v) is 15.6. The highest BCUT2D eigenvalue weighted by Crippen LogP contribution is 2.29. The second-order valence-electron chi connectivity index (χ2n) is 5.95. The number of hydrogen-bond acceptors (Lipinski definition) is 4. The number of carboxylic acids is 1. The van der Waals surface area contributed by atoms with E-state index in [9.17, 15) is 9.18 Å². The van der Waals surface area contributed by atoms with Crippen molar-refractivity contribution in [2.75, 3.05) is 7.11 Å². The minimum atomic E-state index is -0.813. The van der Waals surface area contributed by atoms with Crippen molar-refractivity contribution in [3.63, 3.8) is 0 Å². The maximum absolute atomic E-state index is 14.2. The largest absolute Gasteiger partial charge is 0.497 e. The number of carbonyl (C=O) groups is 1. The number of hydrogen-bond donors (Lipinski definition) is 1.